The fraction of sp³-hybridized carbons (Fsp3) is 0.207. The minimum absolute atomic E-state index is 0.0108. The Balaban J connectivity index is 1.52. The Bertz CT molecular complexity index is 1660. The lowest BCUT2D eigenvalue weighted by Gasteiger charge is -2.16. The summed E-state index contributed by atoms with van der Waals surface area (Å²) < 4.78 is 46.3. The third-order valence-electron chi connectivity index (χ3n) is 6.44. The van der Waals surface area contributed by atoms with E-state index < -0.39 is 15.9 Å². The molecular formula is C29H28ClN2O5S+. The molecule has 5 rings (SSSR count). The second kappa shape index (κ2) is 10.6. The van der Waals surface area contributed by atoms with E-state index in [2.05, 4.69) is 36.1 Å². The third kappa shape index (κ3) is 5.48. The van der Waals surface area contributed by atoms with Crippen LogP contribution in [0.2, 0.25) is 5.02 Å². The van der Waals surface area contributed by atoms with Crippen LogP contribution in [-0.2, 0) is 16.7 Å². The zero-order valence-corrected chi connectivity index (χ0v) is 22.7. The van der Waals surface area contributed by atoms with Crippen LogP contribution < -0.4 is 14.2 Å². The molecule has 0 bridgehead atoms. The zero-order chi connectivity index (χ0) is 26.9. The Hall–Kier alpha value is -3.59. The van der Waals surface area contributed by atoms with Crippen LogP contribution in [0.4, 0.5) is 5.69 Å². The summed E-state index contributed by atoms with van der Waals surface area (Å²) in [5.41, 5.74) is 5.37. The van der Waals surface area contributed by atoms with E-state index in [1.807, 2.05) is 43.3 Å². The zero-order valence-electron chi connectivity index (χ0n) is 21.1. The maximum absolute atomic E-state index is 11.5. The minimum Gasteiger partial charge on any atom is -0.439 e. The number of aromatic nitrogens is 1. The SMILES string of the molecule is CCC(=Cc1oc2ccc(Cl)cc2[n+]1CCS(=O)(=O)O)C=C1Oc2ccc(-c3ccccc3)cc2N1CC. The van der Waals surface area contributed by atoms with Crippen molar-refractivity contribution in [2.45, 2.75) is 26.8 Å². The first kappa shape index (κ1) is 26.0. The molecule has 38 heavy (non-hydrogen) atoms. The average Bonchev–Trinajstić information content (AvgIpc) is 3.42. The number of anilines is 1. The van der Waals surface area contributed by atoms with Crippen molar-refractivity contribution in [1.82, 2.24) is 0 Å². The van der Waals surface area contributed by atoms with Crippen molar-refractivity contribution >= 4 is 44.6 Å². The van der Waals surface area contributed by atoms with Crippen molar-refractivity contribution in [2.24, 2.45) is 0 Å². The first-order valence-corrected chi connectivity index (χ1v) is 14.4. The molecule has 0 saturated carbocycles. The Morgan fingerprint density at radius 1 is 1.05 bits per heavy atom. The summed E-state index contributed by atoms with van der Waals surface area (Å²) in [7, 11) is -4.17. The lowest BCUT2D eigenvalue weighted by atomic mass is 10.0. The van der Waals surface area contributed by atoms with Gasteiger partial charge in [0, 0.05) is 23.7 Å². The van der Waals surface area contributed by atoms with E-state index in [0.29, 0.717) is 40.9 Å². The summed E-state index contributed by atoms with van der Waals surface area (Å²) in [6.45, 7) is 4.82. The van der Waals surface area contributed by atoms with Crippen LogP contribution in [0, 0.1) is 0 Å². The molecule has 0 atom stereocenters. The fourth-order valence-corrected chi connectivity index (χ4v) is 5.11. The van der Waals surface area contributed by atoms with Crippen LogP contribution in [-0.4, -0.2) is 25.3 Å². The molecule has 1 aliphatic heterocycles. The normalized spacial score (nSPS) is 14.8. The molecule has 0 unspecified atom stereocenters. The first-order valence-electron chi connectivity index (χ1n) is 12.4. The Morgan fingerprint density at radius 3 is 2.55 bits per heavy atom. The summed E-state index contributed by atoms with van der Waals surface area (Å²) in [6.07, 6.45) is 4.51. The average molecular weight is 552 g/mol. The molecule has 3 aromatic carbocycles. The number of aryl methyl sites for hydroxylation is 1. The van der Waals surface area contributed by atoms with Crippen LogP contribution in [0.1, 0.15) is 26.2 Å². The van der Waals surface area contributed by atoms with E-state index in [-0.39, 0.29) is 6.54 Å². The highest BCUT2D eigenvalue weighted by atomic mass is 35.5. The van der Waals surface area contributed by atoms with Crippen LogP contribution in [0.15, 0.2) is 88.7 Å². The molecule has 4 aromatic rings. The molecule has 0 spiro atoms. The molecule has 1 N–H and O–H groups in total. The Kier molecular flexibility index (Phi) is 7.29. The van der Waals surface area contributed by atoms with Gasteiger partial charge in [-0.25, -0.2) is 0 Å². The molecule has 0 radical (unpaired) electrons. The van der Waals surface area contributed by atoms with Gasteiger partial charge in [-0.2, -0.15) is 13.0 Å². The smallest absolute Gasteiger partial charge is 0.374 e. The highest BCUT2D eigenvalue weighted by Crippen LogP contribution is 2.41. The van der Waals surface area contributed by atoms with Crippen molar-refractivity contribution < 1.29 is 26.7 Å². The van der Waals surface area contributed by atoms with Crippen LogP contribution in [0.25, 0.3) is 28.3 Å². The maximum atomic E-state index is 11.5. The number of oxazole rings is 1. The summed E-state index contributed by atoms with van der Waals surface area (Å²) in [4.78, 5) is 2.12. The van der Waals surface area contributed by atoms with E-state index in [4.69, 9.17) is 20.8 Å². The lowest BCUT2D eigenvalue weighted by molar-refractivity contribution is -0.673. The molecule has 0 saturated heterocycles. The molecule has 9 heteroatoms. The van der Waals surface area contributed by atoms with E-state index in [1.165, 1.54) is 0 Å². The number of hydrogen-bond acceptors (Lipinski definition) is 5. The van der Waals surface area contributed by atoms with Gasteiger partial charge in [-0.1, -0.05) is 54.9 Å². The predicted octanol–water partition coefficient (Wildman–Crippen LogP) is 6.48. The predicted molar refractivity (Wildman–Crippen MR) is 150 cm³/mol. The largest absolute Gasteiger partial charge is 0.439 e. The van der Waals surface area contributed by atoms with E-state index in [1.54, 1.807) is 22.8 Å². The number of ether oxygens (including phenoxy) is 1. The monoisotopic (exact) mass is 551 g/mol. The first-order chi connectivity index (χ1) is 18.3. The summed E-state index contributed by atoms with van der Waals surface area (Å²) >= 11 is 6.19. The number of allylic oxidation sites excluding steroid dienone is 2. The number of nitrogens with zero attached hydrogens (tertiary/aromatic N) is 2. The fourth-order valence-electron chi connectivity index (χ4n) is 4.53. The van der Waals surface area contributed by atoms with Gasteiger partial charge in [-0.15, -0.1) is 0 Å². The van der Waals surface area contributed by atoms with Gasteiger partial charge in [-0.3, -0.25) is 4.55 Å². The topological polar surface area (TPSA) is 83.9 Å². The summed E-state index contributed by atoms with van der Waals surface area (Å²) in [6, 6.07) is 21.6. The molecule has 0 amide bonds. The van der Waals surface area contributed by atoms with Crippen molar-refractivity contribution in [3.05, 3.63) is 95.2 Å². The van der Waals surface area contributed by atoms with Gasteiger partial charge in [-0.05, 0) is 54.3 Å². The number of hydrogen-bond donors (Lipinski definition) is 1. The number of fused-ring (bicyclic) bond motifs is 2. The molecular weight excluding hydrogens is 524 g/mol. The highest BCUT2D eigenvalue weighted by Gasteiger charge is 2.27. The van der Waals surface area contributed by atoms with Crippen LogP contribution in [0.3, 0.4) is 0 Å². The summed E-state index contributed by atoms with van der Waals surface area (Å²) in [5.74, 6) is 1.48. The second-order valence-electron chi connectivity index (χ2n) is 8.94. The standard InChI is InChI=1S/C29H27ClN2O5S/c1-3-20(17-29-32(14-15-38(33,34)35)25-19-23(30)11-13-27(25)37-29)16-28-31(4-2)24-18-22(10-12-26(24)36-28)21-8-6-5-7-9-21/h5-13,16-19H,3-4,14-15H2,1-2H3/p+1. The molecule has 196 valence electrons. The van der Waals surface area contributed by atoms with Gasteiger partial charge in [0.1, 0.15) is 5.75 Å². The van der Waals surface area contributed by atoms with Gasteiger partial charge in [0.05, 0.1) is 11.8 Å². The van der Waals surface area contributed by atoms with Crippen LogP contribution >= 0.6 is 11.6 Å². The maximum Gasteiger partial charge on any atom is 0.374 e. The Morgan fingerprint density at radius 2 is 1.84 bits per heavy atom. The van der Waals surface area contributed by atoms with Crippen molar-refractivity contribution in [3.63, 3.8) is 0 Å². The van der Waals surface area contributed by atoms with Gasteiger partial charge >= 0.3 is 5.89 Å². The lowest BCUT2D eigenvalue weighted by Crippen LogP contribution is -2.38. The Labute approximate surface area is 227 Å². The number of halogens is 1. The number of rotatable bonds is 8. The van der Waals surface area contributed by atoms with Crippen molar-refractivity contribution in [3.8, 4) is 16.9 Å². The molecule has 1 aromatic heterocycles. The van der Waals surface area contributed by atoms with E-state index >= 15 is 0 Å². The molecule has 7 nitrogen and oxygen atoms in total. The number of benzene rings is 3. The third-order valence-corrected chi connectivity index (χ3v) is 7.38. The molecule has 1 aliphatic rings. The van der Waals surface area contributed by atoms with E-state index in [0.717, 1.165) is 28.1 Å². The molecule has 2 heterocycles. The second-order valence-corrected chi connectivity index (χ2v) is 10.9. The highest BCUT2D eigenvalue weighted by molar-refractivity contribution is 7.85. The quantitative estimate of drug-likeness (QED) is 0.199. The van der Waals surface area contributed by atoms with Gasteiger partial charge < -0.3 is 14.1 Å². The molecule has 0 fully saturated rings. The van der Waals surface area contributed by atoms with Crippen molar-refractivity contribution in [1.29, 1.82) is 0 Å². The van der Waals surface area contributed by atoms with Crippen LogP contribution in [0.5, 0.6) is 5.75 Å². The van der Waals surface area contributed by atoms with Gasteiger partial charge in [0.15, 0.2) is 12.3 Å². The van der Waals surface area contributed by atoms with Gasteiger partial charge in [0.2, 0.25) is 11.5 Å². The van der Waals surface area contributed by atoms with Crippen molar-refractivity contribution in [2.75, 3.05) is 17.2 Å². The minimum atomic E-state index is -4.17. The van der Waals surface area contributed by atoms with Gasteiger partial charge in [0.25, 0.3) is 15.6 Å². The van der Waals surface area contributed by atoms with E-state index in [9.17, 15) is 13.0 Å². The summed E-state index contributed by atoms with van der Waals surface area (Å²) in [5, 5.41) is 0.498. The molecule has 0 aliphatic carbocycles.